The normalized spacial score (nSPS) is 14.4. The SMILES string of the molecule is CNC(=O)OCc1ccc(NC(=O)C(CCCNC(N)=O)CC(=O)C(NC(=O)CCCCCN2C(=O)C=CC2=O)C(C)C)cc1.CNC(=O)OCc1ccc(NC(=O)C(CCCNC(N)=O)CC(=O)C(NC(=O)CCCCCN2C(=O)CC(SC)C2=O)C(C)C)cc1.CS. The quantitative estimate of drug-likeness (QED) is 0.0227. The fourth-order valence-corrected chi connectivity index (χ4v) is 10.4. The van der Waals surface area contributed by atoms with Crippen molar-refractivity contribution in [1.82, 2.24) is 41.7 Å². The number of carbonyl (C=O) groups is 14. The summed E-state index contributed by atoms with van der Waals surface area (Å²) in [6, 6.07) is 10.4. The first-order valence-corrected chi connectivity index (χ1v) is 33.5. The molecule has 2 aliphatic heterocycles. The number of thiol groups is 1. The van der Waals surface area contributed by atoms with Crippen molar-refractivity contribution in [2.24, 2.45) is 35.1 Å². The Morgan fingerprint density at radius 2 is 0.947 bits per heavy atom. The summed E-state index contributed by atoms with van der Waals surface area (Å²) in [5, 5.41) is 20.6. The molecule has 30 heteroatoms. The molecule has 14 amide bonds. The molecule has 1 fully saturated rings. The lowest BCUT2D eigenvalue weighted by Gasteiger charge is -2.24. The largest absolute Gasteiger partial charge is 0.445 e. The van der Waals surface area contributed by atoms with Gasteiger partial charge in [0.05, 0.1) is 17.3 Å². The van der Waals surface area contributed by atoms with Crippen LogP contribution in [-0.2, 0) is 70.6 Å². The number of anilines is 2. The fourth-order valence-electron chi connectivity index (χ4n) is 9.73. The number of nitrogens with two attached hydrogens (primary N) is 2. The summed E-state index contributed by atoms with van der Waals surface area (Å²) in [5.41, 5.74) is 12.7. The van der Waals surface area contributed by atoms with Gasteiger partial charge in [-0.2, -0.15) is 24.4 Å². The van der Waals surface area contributed by atoms with E-state index in [9.17, 15) is 67.1 Å². The maximum atomic E-state index is 13.5. The minimum atomic E-state index is -0.804. The number of hydrogen-bond acceptors (Lipinski definition) is 18. The monoisotopic (exact) mass is 1350 g/mol. The molecule has 0 spiro atoms. The molecule has 2 aliphatic rings. The first kappa shape index (κ1) is 81.6. The third kappa shape index (κ3) is 31.4. The molecule has 4 rings (SSSR count). The Bertz CT molecular complexity index is 2880. The van der Waals surface area contributed by atoms with Gasteiger partial charge in [-0.3, -0.25) is 57.7 Å². The zero-order valence-corrected chi connectivity index (χ0v) is 56.8. The van der Waals surface area contributed by atoms with Gasteiger partial charge >= 0.3 is 24.2 Å². The molecule has 2 heterocycles. The number of hydrogen-bond donors (Lipinski definition) is 11. The highest BCUT2D eigenvalue weighted by Crippen LogP contribution is 2.25. The molecule has 5 unspecified atom stereocenters. The molecule has 5 atom stereocenters. The fraction of sp³-hybridized carbons (Fsp3) is 0.562. The highest BCUT2D eigenvalue weighted by molar-refractivity contribution is 8.00. The number of ketones is 2. The van der Waals surface area contributed by atoms with Crippen molar-refractivity contribution in [2.45, 2.75) is 155 Å². The van der Waals surface area contributed by atoms with Crippen LogP contribution in [-0.4, -0.2) is 163 Å². The van der Waals surface area contributed by atoms with E-state index < -0.39 is 54.1 Å². The Morgan fingerprint density at radius 3 is 1.29 bits per heavy atom. The Morgan fingerprint density at radius 1 is 0.564 bits per heavy atom. The smallest absolute Gasteiger partial charge is 0.407 e. The van der Waals surface area contributed by atoms with E-state index in [1.807, 2.05) is 34.0 Å². The zero-order valence-electron chi connectivity index (χ0n) is 55.1. The maximum Gasteiger partial charge on any atom is 0.407 e. The van der Waals surface area contributed by atoms with Crippen LogP contribution in [0.4, 0.5) is 30.6 Å². The molecular weight excluding hydrogens is 1260 g/mol. The standard InChI is InChI=1S/C32H48N6O8S.C31H44N6O8.CH4S/c1-20(2)28(37-26(40)10-6-5-7-16-38-27(41)18-25(47-4)30(38)43)24(39)17-22(9-8-15-35-31(33)44)29(42)36-23-13-11-21(12-14-23)19-46-32(45)34-3;1-20(2)28(36-25(39)9-5-4-6-17-37-26(40)14-15-27(37)41)24(38)18-22(8-7-16-34-30(32)43)29(42)35-23-12-10-21(11-13-23)19-45-31(44)33-3;1-2/h11-14,20,22,25,28H,5-10,15-19H2,1-4H3,(H,34,45)(H,36,42)(H,37,40)(H3,33,35,44);10-15,20,22,28H,4-9,16-19H2,1-3H3,(H,33,44)(H,35,42)(H,36,39)(H3,32,34,43);2H,1H3. The Balaban J connectivity index is 0.000000624. The highest BCUT2D eigenvalue weighted by atomic mass is 32.2. The van der Waals surface area contributed by atoms with Crippen LogP contribution in [0.15, 0.2) is 60.7 Å². The first-order valence-electron chi connectivity index (χ1n) is 31.3. The predicted molar refractivity (Wildman–Crippen MR) is 358 cm³/mol. The summed E-state index contributed by atoms with van der Waals surface area (Å²) in [4.78, 5) is 174. The molecule has 0 aromatic heterocycles. The van der Waals surface area contributed by atoms with Crippen molar-refractivity contribution in [3.63, 3.8) is 0 Å². The number of benzene rings is 2. The van der Waals surface area contributed by atoms with Crippen molar-refractivity contribution in [3.8, 4) is 0 Å². The second-order valence-electron chi connectivity index (χ2n) is 22.8. The third-order valence-electron chi connectivity index (χ3n) is 14.9. The summed E-state index contributed by atoms with van der Waals surface area (Å²) in [6.07, 6.45) is 9.98. The molecule has 12 N–H and O–H groups in total. The molecule has 2 aromatic carbocycles. The Hall–Kier alpha value is -8.54. The number of imide groups is 2. The molecular formula is C64H96N12O16S2. The van der Waals surface area contributed by atoms with E-state index in [-0.39, 0.29) is 148 Å². The maximum absolute atomic E-state index is 13.5. The molecule has 2 aromatic rings. The number of unbranched alkanes of at least 4 members (excludes halogenated alkanes) is 4. The van der Waals surface area contributed by atoms with Crippen LogP contribution in [0, 0.1) is 23.7 Å². The van der Waals surface area contributed by atoms with Crippen LogP contribution in [0.5, 0.6) is 0 Å². The van der Waals surface area contributed by atoms with Crippen LogP contribution in [0.3, 0.4) is 0 Å². The van der Waals surface area contributed by atoms with E-state index in [0.29, 0.717) is 80.4 Å². The van der Waals surface area contributed by atoms with Crippen LogP contribution in [0.1, 0.15) is 135 Å². The van der Waals surface area contributed by atoms with Gasteiger partial charge in [-0.1, -0.05) is 64.8 Å². The molecule has 28 nitrogen and oxygen atoms in total. The van der Waals surface area contributed by atoms with Crippen LogP contribution < -0.4 is 54.0 Å². The van der Waals surface area contributed by atoms with E-state index in [0.717, 1.165) is 4.90 Å². The number of alkyl carbamates (subject to hydrolysis) is 2. The van der Waals surface area contributed by atoms with E-state index >= 15 is 0 Å². The minimum Gasteiger partial charge on any atom is -0.445 e. The average molecular weight is 1350 g/mol. The number of carbonyl (C=O) groups excluding carboxylic acids is 14. The third-order valence-corrected chi connectivity index (χ3v) is 15.8. The molecule has 0 bridgehead atoms. The summed E-state index contributed by atoms with van der Waals surface area (Å²) < 4.78 is 10.0. The lowest BCUT2D eigenvalue weighted by Crippen LogP contribution is -2.45. The van der Waals surface area contributed by atoms with Gasteiger partial charge in [-0.05, 0) is 111 Å². The minimum absolute atomic E-state index is 0.0541. The lowest BCUT2D eigenvalue weighted by atomic mass is 9.89. The molecule has 0 aliphatic carbocycles. The summed E-state index contributed by atoms with van der Waals surface area (Å²) in [6.45, 7) is 8.44. The number of Topliss-reactive ketones (excluding diaryl/α,β-unsaturated/α-hetero) is 2. The van der Waals surface area contributed by atoms with Gasteiger partial charge in [0.15, 0.2) is 11.6 Å². The molecule has 520 valence electrons. The first-order chi connectivity index (χ1) is 44.8. The topological polar surface area (TPSA) is 412 Å². The number of thioether (sulfide) groups is 1. The van der Waals surface area contributed by atoms with Gasteiger partial charge in [0.25, 0.3) is 11.8 Å². The van der Waals surface area contributed by atoms with Crippen LogP contribution >= 0.6 is 24.4 Å². The number of likely N-dealkylation sites (tertiary alicyclic amines) is 1. The van der Waals surface area contributed by atoms with E-state index in [1.54, 1.807) is 54.8 Å². The number of nitrogens with one attached hydrogen (secondary N) is 8. The van der Waals surface area contributed by atoms with E-state index in [4.69, 9.17) is 20.9 Å². The van der Waals surface area contributed by atoms with E-state index in [1.165, 1.54) is 42.9 Å². The average Bonchev–Trinajstić information content (AvgIpc) is 1.62. The number of ether oxygens (including phenoxy) is 2. The Labute approximate surface area is 559 Å². The summed E-state index contributed by atoms with van der Waals surface area (Å²) in [5.74, 6) is -4.89. The number of urea groups is 2. The second kappa shape index (κ2) is 44.9. The second-order valence-corrected chi connectivity index (χ2v) is 23.8. The molecule has 0 saturated carbocycles. The molecule has 0 radical (unpaired) electrons. The van der Waals surface area contributed by atoms with E-state index in [2.05, 4.69) is 55.2 Å². The number of amides is 14. The van der Waals surface area contributed by atoms with Gasteiger partial charge < -0.3 is 63.5 Å². The number of primary amides is 2. The molecule has 94 heavy (non-hydrogen) atoms. The van der Waals surface area contributed by atoms with Crippen LogP contribution in [0.2, 0.25) is 0 Å². The van der Waals surface area contributed by atoms with Crippen molar-refractivity contribution in [3.05, 3.63) is 71.8 Å². The highest BCUT2D eigenvalue weighted by Gasteiger charge is 2.38. The van der Waals surface area contributed by atoms with Gasteiger partial charge in [-0.15, -0.1) is 0 Å². The number of nitrogens with zero attached hydrogens (tertiary/aromatic N) is 2. The molecule has 1 saturated heterocycles. The van der Waals surface area contributed by atoms with Gasteiger partial charge in [0.2, 0.25) is 35.4 Å². The summed E-state index contributed by atoms with van der Waals surface area (Å²) in [7, 11) is 2.91. The van der Waals surface area contributed by atoms with Crippen molar-refractivity contribution >= 4 is 119 Å². The summed E-state index contributed by atoms with van der Waals surface area (Å²) >= 11 is 4.90. The van der Waals surface area contributed by atoms with Crippen molar-refractivity contribution in [1.29, 1.82) is 0 Å². The Kier molecular flexibility index (Phi) is 39.0. The van der Waals surface area contributed by atoms with Crippen LogP contribution in [0.25, 0.3) is 0 Å². The lowest BCUT2D eigenvalue weighted by molar-refractivity contribution is -0.139. The number of rotatable bonds is 39. The predicted octanol–water partition coefficient (Wildman–Crippen LogP) is 5.37. The van der Waals surface area contributed by atoms with Crippen molar-refractivity contribution < 1.29 is 76.6 Å². The van der Waals surface area contributed by atoms with Gasteiger partial charge in [0.1, 0.15) is 13.2 Å². The van der Waals surface area contributed by atoms with Gasteiger partial charge in [-0.25, -0.2) is 19.2 Å². The van der Waals surface area contributed by atoms with Crippen molar-refractivity contribution in [2.75, 3.05) is 63.4 Å². The zero-order chi connectivity index (χ0) is 70.3. The van der Waals surface area contributed by atoms with Gasteiger partial charge in [0, 0.05) is 108 Å².